The predicted molar refractivity (Wildman–Crippen MR) is 82.1 cm³/mol. The molecule has 4 nitrogen and oxygen atoms in total. The molecule has 2 rings (SSSR count). The zero-order valence-corrected chi connectivity index (χ0v) is 13.6. The highest BCUT2D eigenvalue weighted by atomic mass is 32.2. The molecule has 3 unspecified atom stereocenters. The first kappa shape index (κ1) is 15.6. The van der Waals surface area contributed by atoms with Gasteiger partial charge in [-0.05, 0) is 18.8 Å². The summed E-state index contributed by atoms with van der Waals surface area (Å²) in [4.78, 5) is 2.25. The second kappa shape index (κ2) is 5.92. The van der Waals surface area contributed by atoms with Crippen LogP contribution in [-0.2, 0) is 9.84 Å². The molecule has 1 saturated carbocycles. The van der Waals surface area contributed by atoms with Crippen molar-refractivity contribution < 1.29 is 8.42 Å². The smallest absolute Gasteiger partial charge is 0.166 e. The van der Waals surface area contributed by atoms with Crippen LogP contribution in [0.25, 0.3) is 0 Å². The molecular formula is C13H26N2O2S2. The normalized spacial score (nSPS) is 37.6. The molecular weight excluding hydrogens is 280 g/mol. The highest BCUT2D eigenvalue weighted by molar-refractivity contribution is 8.01. The van der Waals surface area contributed by atoms with Crippen molar-refractivity contribution in [2.45, 2.75) is 44.0 Å². The molecule has 3 atom stereocenters. The van der Waals surface area contributed by atoms with Gasteiger partial charge in [0, 0.05) is 35.9 Å². The minimum atomic E-state index is -3.03. The SMILES string of the molecule is CCS(=O)(=O)C1CSCCN1C1(CN)CCCC1C. The number of nitrogens with two attached hydrogens (primary N) is 1. The van der Waals surface area contributed by atoms with Gasteiger partial charge in [-0.2, -0.15) is 11.8 Å². The summed E-state index contributed by atoms with van der Waals surface area (Å²) in [5, 5.41) is -0.333. The Labute approximate surface area is 121 Å². The van der Waals surface area contributed by atoms with E-state index in [1.165, 1.54) is 12.8 Å². The number of hydrogen-bond acceptors (Lipinski definition) is 5. The molecule has 2 fully saturated rings. The molecule has 0 bridgehead atoms. The number of rotatable bonds is 4. The maximum absolute atomic E-state index is 12.4. The van der Waals surface area contributed by atoms with Crippen LogP contribution in [-0.4, -0.2) is 54.6 Å². The van der Waals surface area contributed by atoms with Crippen LogP contribution < -0.4 is 5.73 Å². The Morgan fingerprint density at radius 2 is 2.21 bits per heavy atom. The van der Waals surface area contributed by atoms with Gasteiger partial charge in [0.2, 0.25) is 0 Å². The Bertz CT molecular complexity index is 413. The molecule has 1 aliphatic heterocycles. The van der Waals surface area contributed by atoms with Crippen LogP contribution >= 0.6 is 11.8 Å². The molecule has 1 aliphatic carbocycles. The van der Waals surface area contributed by atoms with E-state index in [0.717, 1.165) is 18.7 Å². The summed E-state index contributed by atoms with van der Waals surface area (Å²) in [6.45, 7) is 5.42. The molecule has 0 aromatic rings. The van der Waals surface area contributed by atoms with E-state index >= 15 is 0 Å². The zero-order chi connectivity index (χ0) is 14.1. The number of nitrogens with zero attached hydrogens (tertiary/aromatic N) is 1. The molecule has 19 heavy (non-hydrogen) atoms. The lowest BCUT2D eigenvalue weighted by Gasteiger charge is -2.49. The van der Waals surface area contributed by atoms with Crippen molar-refractivity contribution >= 4 is 21.6 Å². The highest BCUT2D eigenvalue weighted by Gasteiger charge is 2.49. The number of sulfone groups is 1. The Morgan fingerprint density at radius 3 is 2.74 bits per heavy atom. The summed E-state index contributed by atoms with van der Waals surface area (Å²) in [5.74, 6) is 2.44. The molecule has 0 spiro atoms. The van der Waals surface area contributed by atoms with Crippen LogP contribution in [0.5, 0.6) is 0 Å². The molecule has 112 valence electrons. The van der Waals surface area contributed by atoms with Gasteiger partial charge >= 0.3 is 0 Å². The van der Waals surface area contributed by atoms with E-state index in [0.29, 0.717) is 18.2 Å². The summed E-state index contributed by atoms with van der Waals surface area (Å²) in [6, 6.07) is 0. The van der Waals surface area contributed by atoms with Crippen molar-refractivity contribution in [2.75, 3.05) is 30.3 Å². The van der Waals surface area contributed by atoms with Gasteiger partial charge in [-0.25, -0.2) is 8.42 Å². The van der Waals surface area contributed by atoms with Crippen molar-refractivity contribution in [2.24, 2.45) is 11.7 Å². The lowest BCUT2D eigenvalue weighted by Crippen LogP contribution is -2.63. The molecule has 1 saturated heterocycles. The van der Waals surface area contributed by atoms with E-state index in [1.54, 1.807) is 18.7 Å². The monoisotopic (exact) mass is 306 g/mol. The third kappa shape index (κ3) is 2.69. The maximum Gasteiger partial charge on any atom is 0.166 e. The minimum absolute atomic E-state index is 0.0894. The molecule has 0 aromatic heterocycles. The van der Waals surface area contributed by atoms with E-state index in [-0.39, 0.29) is 16.7 Å². The molecule has 2 N–H and O–H groups in total. The first-order valence-corrected chi connectivity index (χ1v) is 10.1. The van der Waals surface area contributed by atoms with Crippen LogP contribution in [0.15, 0.2) is 0 Å². The predicted octanol–water partition coefficient (Wildman–Crippen LogP) is 1.31. The molecule has 0 radical (unpaired) electrons. The van der Waals surface area contributed by atoms with Gasteiger partial charge in [-0.3, -0.25) is 4.90 Å². The second-order valence-electron chi connectivity index (χ2n) is 5.78. The van der Waals surface area contributed by atoms with Gasteiger partial charge in [0.15, 0.2) is 9.84 Å². The number of thioether (sulfide) groups is 1. The standard InChI is InChI=1S/C13H26N2O2S2/c1-3-19(16,17)12-9-18-8-7-15(12)13(10-14)6-4-5-11(13)2/h11-12H,3-10,14H2,1-2H3. The summed E-state index contributed by atoms with van der Waals surface area (Å²) in [7, 11) is -3.03. The van der Waals surface area contributed by atoms with Crippen molar-refractivity contribution in [3.63, 3.8) is 0 Å². The zero-order valence-electron chi connectivity index (χ0n) is 12.0. The van der Waals surface area contributed by atoms with Crippen molar-refractivity contribution in [1.82, 2.24) is 4.90 Å². The summed E-state index contributed by atoms with van der Waals surface area (Å²) in [6.07, 6.45) is 3.38. The highest BCUT2D eigenvalue weighted by Crippen LogP contribution is 2.43. The van der Waals surface area contributed by atoms with Crippen LogP contribution in [0, 0.1) is 5.92 Å². The van der Waals surface area contributed by atoms with Gasteiger partial charge in [0.1, 0.15) is 5.37 Å². The van der Waals surface area contributed by atoms with Crippen molar-refractivity contribution in [1.29, 1.82) is 0 Å². The molecule has 2 aliphatic rings. The lowest BCUT2D eigenvalue weighted by atomic mass is 9.86. The average Bonchev–Trinajstić information content (AvgIpc) is 2.81. The fraction of sp³-hybridized carbons (Fsp3) is 1.00. The van der Waals surface area contributed by atoms with E-state index in [2.05, 4.69) is 11.8 Å². The Balaban J connectivity index is 2.34. The van der Waals surface area contributed by atoms with Gasteiger partial charge in [-0.1, -0.05) is 20.3 Å². The molecule has 1 heterocycles. The van der Waals surface area contributed by atoms with Gasteiger partial charge in [0.05, 0.1) is 0 Å². The van der Waals surface area contributed by atoms with Crippen molar-refractivity contribution in [3.05, 3.63) is 0 Å². The summed E-state index contributed by atoms with van der Waals surface area (Å²) in [5.41, 5.74) is 6.00. The number of hydrogen-bond donors (Lipinski definition) is 1. The third-order valence-electron chi connectivity index (χ3n) is 4.99. The van der Waals surface area contributed by atoms with Crippen LogP contribution in [0.4, 0.5) is 0 Å². The Morgan fingerprint density at radius 1 is 1.47 bits per heavy atom. The topological polar surface area (TPSA) is 63.4 Å². The maximum atomic E-state index is 12.4. The van der Waals surface area contributed by atoms with E-state index in [9.17, 15) is 8.42 Å². The molecule has 6 heteroatoms. The van der Waals surface area contributed by atoms with E-state index in [4.69, 9.17) is 5.73 Å². The third-order valence-corrected chi connectivity index (χ3v) is 8.28. The van der Waals surface area contributed by atoms with Crippen LogP contribution in [0.2, 0.25) is 0 Å². The summed E-state index contributed by atoms with van der Waals surface area (Å²) < 4.78 is 24.8. The van der Waals surface area contributed by atoms with Crippen LogP contribution in [0.1, 0.15) is 33.1 Å². The van der Waals surface area contributed by atoms with Gasteiger partial charge in [-0.15, -0.1) is 0 Å². The average molecular weight is 306 g/mol. The first-order valence-electron chi connectivity index (χ1n) is 7.24. The fourth-order valence-corrected chi connectivity index (χ4v) is 6.74. The fourth-order valence-electron chi connectivity index (χ4n) is 3.66. The van der Waals surface area contributed by atoms with Gasteiger partial charge in [0.25, 0.3) is 0 Å². The van der Waals surface area contributed by atoms with E-state index in [1.807, 2.05) is 0 Å². The minimum Gasteiger partial charge on any atom is -0.329 e. The quantitative estimate of drug-likeness (QED) is 0.848. The first-order chi connectivity index (χ1) is 8.98. The Kier molecular flexibility index (Phi) is 4.86. The molecule has 0 amide bonds. The second-order valence-corrected chi connectivity index (χ2v) is 9.37. The Hall–Kier alpha value is 0.220. The van der Waals surface area contributed by atoms with Crippen LogP contribution in [0.3, 0.4) is 0 Å². The van der Waals surface area contributed by atoms with E-state index < -0.39 is 9.84 Å². The largest absolute Gasteiger partial charge is 0.329 e. The lowest BCUT2D eigenvalue weighted by molar-refractivity contribution is 0.0597. The van der Waals surface area contributed by atoms with Gasteiger partial charge < -0.3 is 5.73 Å². The summed E-state index contributed by atoms with van der Waals surface area (Å²) >= 11 is 1.76. The van der Waals surface area contributed by atoms with Crippen molar-refractivity contribution in [3.8, 4) is 0 Å². The molecule has 0 aromatic carbocycles.